The van der Waals surface area contributed by atoms with Gasteiger partial charge in [-0.05, 0) is 30.4 Å². The Hall–Kier alpha value is -0.570. The Labute approximate surface area is 111 Å². The summed E-state index contributed by atoms with van der Waals surface area (Å²) < 4.78 is 5.25. The molecule has 92 valence electrons. The molecule has 0 heterocycles. The maximum Gasteiger partial charge on any atom is 0.166 e. The van der Waals surface area contributed by atoms with Crippen molar-refractivity contribution in [2.75, 3.05) is 7.11 Å². The van der Waals surface area contributed by atoms with Gasteiger partial charge in [0, 0.05) is 13.5 Å². The first-order chi connectivity index (χ1) is 8.13. The van der Waals surface area contributed by atoms with Gasteiger partial charge in [0.15, 0.2) is 5.78 Å². The van der Waals surface area contributed by atoms with Crippen molar-refractivity contribution in [3.63, 3.8) is 0 Å². The summed E-state index contributed by atoms with van der Waals surface area (Å²) in [6, 6.07) is 5.34. The number of Topliss-reactive ketones (excluding diaryl/α,β-unsaturated/α-hetero) is 1. The third-order valence-electron chi connectivity index (χ3n) is 3.02. The van der Waals surface area contributed by atoms with E-state index in [9.17, 15) is 4.79 Å². The van der Waals surface area contributed by atoms with Crippen molar-refractivity contribution in [2.24, 2.45) is 5.92 Å². The zero-order chi connectivity index (χ0) is 12.4. The second-order valence-electron chi connectivity index (χ2n) is 4.35. The molecule has 0 aromatic heterocycles. The van der Waals surface area contributed by atoms with Gasteiger partial charge < -0.3 is 4.74 Å². The minimum Gasteiger partial charge on any atom is -0.373 e. The largest absolute Gasteiger partial charge is 0.373 e. The van der Waals surface area contributed by atoms with Crippen molar-refractivity contribution in [2.45, 2.75) is 25.4 Å². The molecule has 0 spiro atoms. The number of rotatable bonds is 5. The van der Waals surface area contributed by atoms with Gasteiger partial charge in [0.1, 0.15) is 6.10 Å². The Morgan fingerprint density at radius 1 is 1.47 bits per heavy atom. The Balaban J connectivity index is 2.09. The number of ketones is 1. The molecule has 2 nitrogen and oxygen atoms in total. The van der Waals surface area contributed by atoms with E-state index in [1.165, 1.54) is 0 Å². The van der Waals surface area contributed by atoms with E-state index in [1.807, 2.05) is 6.07 Å². The van der Waals surface area contributed by atoms with E-state index in [0.717, 1.165) is 18.4 Å². The number of halogens is 2. The highest BCUT2D eigenvalue weighted by Gasteiger charge is 2.36. The number of benzene rings is 1. The lowest BCUT2D eigenvalue weighted by Gasteiger charge is -2.13. The maximum absolute atomic E-state index is 12.1. The molecule has 1 aliphatic rings. The smallest absolute Gasteiger partial charge is 0.166 e. The van der Waals surface area contributed by atoms with Crippen molar-refractivity contribution in [3.8, 4) is 0 Å². The summed E-state index contributed by atoms with van der Waals surface area (Å²) in [6.07, 6.45) is 2.15. The molecule has 1 aliphatic carbocycles. The molecule has 1 unspecified atom stereocenters. The first kappa shape index (κ1) is 12.9. The standard InChI is InChI=1S/C13H14Cl2O2/c1-17-13(8-5-6-8)11(16)7-9-3-2-4-10(14)12(9)15/h2-4,8,13H,5-7H2,1H3. The van der Waals surface area contributed by atoms with Crippen LogP contribution in [0.3, 0.4) is 0 Å². The Bertz CT molecular complexity index is 427. The second kappa shape index (κ2) is 5.38. The first-order valence-corrected chi connectivity index (χ1v) is 6.37. The topological polar surface area (TPSA) is 26.3 Å². The van der Waals surface area contributed by atoms with Crippen molar-refractivity contribution >= 4 is 29.0 Å². The van der Waals surface area contributed by atoms with Crippen molar-refractivity contribution in [3.05, 3.63) is 33.8 Å². The quantitative estimate of drug-likeness (QED) is 0.820. The normalized spacial score (nSPS) is 16.9. The van der Waals surface area contributed by atoms with Gasteiger partial charge in [-0.1, -0.05) is 35.3 Å². The molecule has 0 radical (unpaired) electrons. The summed E-state index contributed by atoms with van der Waals surface area (Å²) in [6.45, 7) is 0. The number of carbonyl (C=O) groups excluding carboxylic acids is 1. The molecule has 4 heteroatoms. The van der Waals surface area contributed by atoms with Crippen molar-refractivity contribution in [1.82, 2.24) is 0 Å². The SMILES string of the molecule is COC(C(=O)Cc1cccc(Cl)c1Cl)C1CC1. The van der Waals surface area contributed by atoms with Crippen LogP contribution in [0.4, 0.5) is 0 Å². The fourth-order valence-corrected chi connectivity index (χ4v) is 2.35. The van der Waals surface area contributed by atoms with Crippen LogP contribution in [0.2, 0.25) is 10.0 Å². The van der Waals surface area contributed by atoms with Crippen LogP contribution in [-0.4, -0.2) is 19.0 Å². The molecule has 2 rings (SSSR count). The summed E-state index contributed by atoms with van der Waals surface area (Å²) in [5.74, 6) is 0.477. The van der Waals surface area contributed by atoms with Crippen LogP contribution in [0.5, 0.6) is 0 Å². The maximum atomic E-state index is 12.1. The first-order valence-electron chi connectivity index (χ1n) is 5.62. The molecule has 17 heavy (non-hydrogen) atoms. The average molecular weight is 273 g/mol. The molecule has 0 amide bonds. The zero-order valence-electron chi connectivity index (χ0n) is 9.58. The van der Waals surface area contributed by atoms with Crippen LogP contribution in [-0.2, 0) is 16.0 Å². The number of hydrogen-bond acceptors (Lipinski definition) is 2. The number of hydrogen-bond donors (Lipinski definition) is 0. The minimum absolute atomic E-state index is 0.0826. The van der Waals surface area contributed by atoms with Gasteiger partial charge in [0.05, 0.1) is 10.0 Å². The van der Waals surface area contributed by atoms with Crippen molar-refractivity contribution < 1.29 is 9.53 Å². The van der Waals surface area contributed by atoms with Crippen LogP contribution in [0.15, 0.2) is 18.2 Å². The van der Waals surface area contributed by atoms with Gasteiger partial charge >= 0.3 is 0 Å². The molecule has 0 bridgehead atoms. The summed E-state index contributed by atoms with van der Waals surface area (Å²) >= 11 is 12.0. The van der Waals surface area contributed by atoms with E-state index < -0.39 is 0 Å². The Kier molecular flexibility index (Phi) is 4.08. The lowest BCUT2D eigenvalue weighted by atomic mass is 10.0. The van der Waals surface area contributed by atoms with E-state index in [-0.39, 0.29) is 18.3 Å². The van der Waals surface area contributed by atoms with Crippen LogP contribution in [0, 0.1) is 5.92 Å². The van der Waals surface area contributed by atoms with Crippen molar-refractivity contribution in [1.29, 1.82) is 0 Å². The van der Waals surface area contributed by atoms with E-state index in [2.05, 4.69) is 0 Å². The third-order valence-corrected chi connectivity index (χ3v) is 3.88. The number of ether oxygens (including phenoxy) is 1. The lowest BCUT2D eigenvalue weighted by Crippen LogP contribution is -2.26. The highest BCUT2D eigenvalue weighted by atomic mass is 35.5. The summed E-state index contributed by atoms with van der Waals surface area (Å²) in [5, 5.41) is 0.950. The summed E-state index contributed by atoms with van der Waals surface area (Å²) in [5.41, 5.74) is 0.770. The summed E-state index contributed by atoms with van der Waals surface area (Å²) in [4.78, 5) is 12.1. The van der Waals surface area contributed by atoms with Crippen LogP contribution >= 0.6 is 23.2 Å². The molecular weight excluding hydrogens is 259 g/mol. The zero-order valence-corrected chi connectivity index (χ0v) is 11.1. The predicted octanol–water partition coefficient (Wildman–Crippen LogP) is 3.53. The van der Waals surface area contributed by atoms with Gasteiger partial charge in [-0.25, -0.2) is 0 Å². The van der Waals surface area contributed by atoms with E-state index in [1.54, 1.807) is 19.2 Å². The molecule has 1 aromatic rings. The minimum atomic E-state index is -0.287. The third kappa shape index (κ3) is 3.01. The average Bonchev–Trinajstić information content (AvgIpc) is 3.10. The molecule has 1 saturated carbocycles. The molecule has 1 aromatic carbocycles. The van der Waals surface area contributed by atoms with Crippen LogP contribution < -0.4 is 0 Å². The molecule has 1 atom stereocenters. The monoisotopic (exact) mass is 272 g/mol. The van der Waals surface area contributed by atoms with Gasteiger partial charge in [0.25, 0.3) is 0 Å². The fourth-order valence-electron chi connectivity index (χ4n) is 1.96. The summed E-state index contributed by atoms with van der Waals surface area (Å²) in [7, 11) is 1.58. The molecule has 0 N–H and O–H groups in total. The predicted molar refractivity (Wildman–Crippen MR) is 68.7 cm³/mol. The Morgan fingerprint density at radius 3 is 2.76 bits per heavy atom. The van der Waals surface area contributed by atoms with E-state index in [4.69, 9.17) is 27.9 Å². The van der Waals surface area contributed by atoms with E-state index >= 15 is 0 Å². The lowest BCUT2D eigenvalue weighted by molar-refractivity contribution is -0.129. The molecular formula is C13H14Cl2O2. The highest BCUT2D eigenvalue weighted by Crippen LogP contribution is 2.35. The Morgan fingerprint density at radius 2 is 2.18 bits per heavy atom. The molecule has 0 saturated heterocycles. The van der Waals surface area contributed by atoms with Crippen LogP contribution in [0.1, 0.15) is 18.4 Å². The highest BCUT2D eigenvalue weighted by molar-refractivity contribution is 6.42. The van der Waals surface area contributed by atoms with Crippen LogP contribution in [0.25, 0.3) is 0 Å². The van der Waals surface area contributed by atoms with E-state index in [0.29, 0.717) is 16.0 Å². The molecule has 1 fully saturated rings. The fraction of sp³-hybridized carbons (Fsp3) is 0.462. The van der Waals surface area contributed by atoms with Gasteiger partial charge in [0.2, 0.25) is 0 Å². The molecule has 0 aliphatic heterocycles. The second-order valence-corrected chi connectivity index (χ2v) is 5.13. The van der Waals surface area contributed by atoms with Gasteiger partial charge in [-0.2, -0.15) is 0 Å². The number of methoxy groups -OCH3 is 1. The van der Waals surface area contributed by atoms with Gasteiger partial charge in [-0.15, -0.1) is 0 Å². The van der Waals surface area contributed by atoms with Gasteiger partial charge in [-0.3, -0.25) is 4.79 Å². The number of carbonyl (C=O) groups is 1.